The van der Waals surface area contributed by atoms with Crippen molar-refractivity contribution in [3.05, 3.63) is 60.4 Å². The monoisotopic (exact) mass is 358 g/mol. The van der Waals surface area contributed by atoms with Crippen molar-refractivity contribution in [1.82, 2.24) is 25.1 Å². The second kappa shape index (κ2) is 5.80. The first-order valence-corrected chi connectivity index (χ1v) is 8.32. The molecule has 0 saturated carbocycles. The molecule has 0 atom stereocenters. The number of nitrogens with one attached hydrogen (secondary N) is 3. The van der Waals surface area contributed by atoms with Crippen LogP contribution in [0.3, 0.4) is 0 Å². The van der Waals surface area contributed by atoms with Gasteiger partial charge in [-0.2, -0.15) is 5.10 Å². The number of aromatic amines is 2. The van der Waals surface area contributed by atoms with Gasteiger partial charge in [0.05, 0.1) is 41.1 Å². The molecule has 0 aliphatic rings. The number of fused-ring (bicyclic) bond motifs is 2. The molecule has 8 nitrogen and oxygen atoms in total. The number of nitrogens with zero attached hydrogens (tertiary/aromatic N) is 3. The standard InChI is InChI=1S/C19H14N6O2/c1-10-13(7-16-18(22-10)21-9-20-16)19(26)23-12-2-3-15-14(6-12)17(25-24-15)11-4-5-27-8-11/h2-9H,1H3,(H,23,26)(H,24,25)(H,20,21,22). The van der Waals surface area contributed by atoms with Crippen LogP contribution in [-0.2, 0) is 0 Å². The molecule has 5 aromatic rings. The van der Waals surface area contributed by atoms with E-state index in [0.717, 1.165) is 27.7 Å². The summed E-state index contributed by atoms with van der Waals surface area (Å²) in [5.74, 6) is -0.232. The third-order valence-corrected chi connectivity index (χ3v) is 4.46. The van der Waals surface area contributed by atoms with Crippen molar-refractivity contribution in [3.8, 4) is 11.3 Å². The summed E-state index contributed by atoms with van der Waals surface area (Å²) in [6.07, 6.45) is 4.79. The van der Waals surface area contributed by atoms with Crippen molar-refractivity contribution >= 4 is 33.7 Å². The van der Waals surface area contributed by atoms with Crippen molar-refractivity contribution < 1.29 is 9.21 Å². The van der Waals surface area contributed by atoms with Crippen LogP contribution in [0.1, 0.15) is 16.1 Å². The molecule has 4 heterocycles. The van der Waals surface area contributed by atoms with Gasteiger partial charge in [0.1, 0.15) is 5.69 Å². The zero-order chi connectivity index (χ0) is 18.4. The van der Waals surface area contributed by atoms with Crippen LogP contribution in [0.5, 0.6) is 0 Å². The normalized spacial score (nSPS) is 11.3. The summed E-state index contributed by atoms with van der Waals surface area (Å²) >= 11 is 0. The lowest BCUT2D eigenvalue weighted by atomic mass is 10.1. The lowest BCUT2D eigenvalue weighted by Crippen LogP contribution is -2.14. The van der Waals surface area contributed by atoms with Crippen LogP contribution >= 0.6 is 0 Å². The number of imidazole rings is 1. The second-order valence-electron chi connectivity index (χ2n) is 6.19. The molecule has 27 heavy (non-hydrogen) atoms. The Labute approximate surface area is 152 Å². The quantitative estimate of drug-likeness (QED) is 0.456. The molecule has 1 aromatic carbocycles. The SMILES string of the molecule is Cc1nc2nc[nH]c2cc1C(=O)Nc1ccc2[nH]nc(-c3ccoc3)c2c1. The van der Waals surface area contributed by atoms with Gasteiger partial charge in [0.25, 0.3) is 5.91 Å². The van der Waals surface area contributed by atoms with Crippen LogP contribution in [0.4, 0.5) is 5.69 Å². The van der Waals surface area contributed by atoms with E-state index in [9.17, 15) is 4.79 Å². The minimum atomic E-state index is -0.232. The molecule has 3 N–H and O–H groups in total. The molecule has 0 radical (unpaired) electrons. The van der Waals surface area contributed by atoms with Gasteiger partial charge in [0, 0.05) is 16.6 Å². The summed E-state index contributed by atoms with van der Waals surface area (Å²) in [5, 5.41) is 11.2. The molecule has 0 spiro atoms. The third-order valence-electron chi connectivity index (χ3n) is 4.46. The zero-order valence-electron chi connectivity index (χ0n) is 14.3. The van der Waals surface area contributed by atoms with E-state index in [-0.39, 0.29) is 5.91 Å². The number of H-pyrrole nitrogens is 2. The first-order valence-electron chi connectivity index (χ1n) is 8.32. The molecule has 1 amide bonds. The Kier molecular flexibility index (Phi) is 3.29. The highest BCUT2D eigenvalue weighted by atomic mass is 16.3. The van der Waals surface area contributed by atoms with Gasteiger partial charge in [-0.05, 0) is 37.3 Å². The second-order valence-corrected chi connectivity index (χ2v) is 6.19. The number of carbonyl (C=O) groups excluding carboxylic acids is 1. The Morgan fingerprint density at radius 1 is 1.19 bits per heavy atom. The first-order chi connectivity index (χ1) is 13.2. The Morgan fingerprint density at radius 3 is 2.96 bits per heavy atom. The fourth-order valence-corrected chi connectivity index (χ4v) is 3.10. The van der Waals surface area contributed by atoms with Crippen LogP contribution in [0.2, 0.25) is 0 Å². The lowest BCUT2D eigenvalue weighted by molar-refractivity contribution is 0.102. The molecule has 0 aliphatic carbocycles. The summed E-state index contributed by atoms with van der Waals surface area (Å²) < 4.78 is 5.14. The third kappa shape index (κ3) is 2.54. The molecule has 8 heteroatoms. The summed E-state index contributed by atoms with van der Waals surface area (Å²) in [4.78, 5) is 24.2. The molecular weight excluding hydrogens is 344 g/mol. The average Bonchev–Trinajstić information content (AvgIpc) is 3.40. The van der Waals surface area contributed by atoms with Crippen LogP contribution < -0.4 is 5.32 Å². The van der Waals surface area contributed by atoms with Crippen molar-refractivity contribution in [3.63, 3.8) is 0 Å². The highest BCUT2D eigenvalue weighted by Crippen LogP contribution is 2.29. The molecule has 0 saturated heterocycles. The number of rotatable bonds is 3. The highest BCUT2D eigenvalue weighted by Gasteiger charge is 2.15. The minimum absolute atomic E-state index is 0.232. The molecule has 4 aromatic heterocycles. The lowest BCUT2D eigenvalue weighted by Gasteiger charge is -2.08. The van der Waals surface area contributed by atoms with Gasteiger partial charge in [-0.1, -0.05) is 0 Å². The van der Waals surface area contributed by atoms with Crippen molar-refractivity contribution in [2.24, 2.45) is 0 Å². The predicted octanol–water partition coefficient (Wildman–Crippen LogP) is 3.65. The van der Waals surface area contributed by atoms with Crippen molar-refractivity contribution in [1.29, 1.82) is 0 Å². The number of pyridine rings is 1. The van der Waals surface area contributed by atoms with Crippen LogP contribution in [0.15, 0.2) is 53.6 Å². The maximum Gasteiger partial charge on any atom is 0.257 e. The summed E-state index contributed by atoms with van der Waals surface area (Å²) in [7, 11) is 0. The van der Waals surface area contributed by atoms with E-state index in [4.69, 9.17) is 4.42 Å². The highest BCUT2D eigenvalue weighted by molar-refractivity contribution is 6.07. The van der Waals surface area contributed by atoms with Gasteiger partial charge in [0.15, 0.2) is 5.65 Å². The number of aromatic nitrogens is 5. The van der Waals surface area contributed by atoms with E-state index in [1.807, 2.05) is 24.3 Å². The van der Waals surface area contributed by atoms with E-state index >= 15 is 0 Å². The summed E-state index contributed by atoms with van der Waals surface area (Å²) in [6.45, 7) is 1.79. The van der Waals surface area contributed by atoms with Gasteiger partial charge < -0.3 is 14.7 Å². The van der Waals surface area contributed by atoms with Crippen LogP contribution in [0, 0.1) is 6.92 Å². The number of hydrogen-bond acceptors (Lipinski definition) is 5. The fourth-order valence-electron chi connectivity index (χ4n) is 3.10. The number of hydrogen-bond donors (Lipinski definition) is 3. The summed E-state index contributed by atoms with van der Waals surface area (Å²) in [6, 6.07) is 9.19. The molecule has 0 unspecified atom stereocenters. The van der Waals surface area contributed by atoms with Crippen molar-refractivity contribution in [2.45, 2.75) is 6.92 Å². The molecule has 0 aliphatic heterocycles. The molecule has 132 valence electrons. The maximum absolute atomic E-state index is 12.8. The smallest absolute Gasteiger partial charge is 0.257 e. The van der Waals surface area contributed by atoms with E-state index in [1.165, 1.54) is 0 Å². The van der Waals surface area contributed by atoms with E-state index in [0.29, 0.717) is 22.6 Å². The number of furan rings is 1. The van der Waals surface area contributed by atoms with E-state index in [1.54, 1.807) is 31.8 Å². The number of amides is 1. The minimum Gasteiger partial charge on any atom is -0.472 e. The Bertz CT molecular complexity index is 1280. The van der Waals surface area contributed by atoms with Crippen LogP contribution in [-0.4, -0.2) is 31.1 Å². The van der Waals surface area contributed by atoms with Gasteiger partial charge >= 0.3 is 0 Å². The molecule has 5 rings (SSSR count). The molecule has 0 fully saturated rings. The number of carbonyl (C=O) groups is 1. The Hall–Kier alpha value is -3.94. The van der Waals surface area contributed by atoms with Crippen molar-refractivity contribution in [2.75, 3.05) is 5.32 Å². The Balaban J connectivity index is 1.51. The van der Waals surface area contributed by atoms with Gasteiger partial charge in [-0.25, -0.2) is 9.97 Å². The summed E-state index contributed by atoms with van der Waals surface area (Å²) in [5.41, 5.74) is 5.61. The molecular formula is C19H14N6O2. The zero-order valence-corrected chi connectivity index (χ0v) is 14.3. The molecule has 0 bridgehead atoms. The predicted molar refractivity (Wildman–Crippen MR) is 100 cm³/mol. The number of anilines is 1. The first kappa shape index (κ1) is 15.3. The van der Waals surface area contributed by atoms with Gasteiger partial charge in [0.2, 0.25) is 0 Å². The van der Waals surface area contributed by atoms with E-state index in [2.05, 4.69) is 30.5 Å². The number of aryl methyl sites for hydroxylation is 1. The Morgan fingerprint density at radius 2 is 2.11 bits per heavy atom. The average molecular weight is 358 g/mol. The largest absolute Gasteiger partial charge is 0.472 e. The fraction of sp³-hybridized carbons (Fsp3) is 0.0526. The van der Waals surface area contributed by atoms with E-state index < -0.39 is 0 Å². The van der Waals surface area contributed by atoms with Gasteiger partial charge in [-0.3, -0.25) is 9.89 Å². The maximum atomic E-state index is 12.8. The van der Waals surface area contributed by atoms with Gasteiger partial charge in [-0.15, -0.1) is 0 Å². The van der Waals surface area contributed by atoms with Crippen LogP contribution in [0.25, 0.3) is 33.3 Å². The number of benzene rings is 1. The topological polar surface area (TPSA) is 112 Å².